The minimum Gasteiger partial charge on any atom is -0.545 e. The molecule has 0 radical (unpaired) electrons. The fourth-order valence-electron chi connectivity index (χ4n) is 2.90. The zero-order chi connectivity index (χ0) is 21.2. The first-order valence-electron chi connectivity index (χ1n) is 9.92. The maximum atomic E-state index is 12.3. The van der Waals surface area contributed by atoms with Crippen LogP contribution in [0.1, 0.15) is 56.8 Å². The van der Waals surface area contributed by atoms with Gasteiger partial charge in [0.15, 0.2) is 0 Å². The van der Waals surface area contributed by atoms with Crippen molar-refractivity contribution in [3.8, 4) is 22.6 Å². The topological polar surface area (TPSA) is 75.7 Å². The van der Waals surface area contributed by atoms with Crippen molar-refractivity contribution in [2.75, 3.05) is 6.61 Å². The van der Waals surface area contributed by atoms with E-state index < -0.39 is 11.9 Å². The molecule has 0 atom stereocenters. The lowest BCUT2D eigenvalue weighted by Crippen LogP contribution is -2.24. The summed E-state index contributed by atoms with van der Waals surface area (Å²) in [4.78, 5) is 23.9. The van der Waals surface area contributed by atoms with E-state index in [2.05, 4.69) is 6.92 Å². The van der Waals surface area contributed by atoms with E-state index >= 15 is 0 Å². The number of allylic oxidation sites excluding steroid dienone is 1. The number of esters is 1. The number of carbonyl (C=O) groups is 2. The summed E-state index contributed by atoms with van der Waals surface area (Å²) in [5.74, 6) is -1.29. The molecule has 0 aliphatic carbocycles. The van der Waals surface area contributed by atoms with E-state index in [1.165, 1.54) is 12.1 Å². The third kappa shape index (κ3) is 6.49. The van der Waals surface area contributed by atoms with Gasteiger partial charge in [-0.3, -0.25) is 0 Å². The highest BCUT2D eigenvalue weighted by Crippen LogP contribution is 2.34. The lowest BCUT2D eigenvalue weighted by Gasteiger charge is -2.15. The minimum atomic E-state index is -1.40. The number of carboxylic acids is 1. The SMILES string of the molecule is CCCCOc1ccc(-c2cccc(C(=O)[O-])c2OC(=O)/C=C(\C)CCC)cc1. The van der Waals surface area contributed by atoms with Crippen molar-refractivity contribution in [2.45, 2.75) is 46.5 Å². The van der Waals surface area contributed by atoms with Gasteiger partial charge in [-0.25, -0.2) is 4.79 Å². The molecular weight excluding hydrogens is 368 g/mol. The Balaban J connectivity index is 2.34. The van der Waals surface area contributed by atoms with Gasteiger partial charge < -0.3 is 19.4 Å². The number of hydrogen-bond acceptors (Lipinski definition) is 5. The first-order chi connectivity index (χ1) is 14.0. The quantitative estimate of drug-likeness (QED) is 0.255. The van der Waals surface area contributed by atoms with Crippen LogP contribution in [-0.2, 0) is 4.79 Å². The van der Waals surface area contributed by atoms with Gasteiger partial charge in [0.2, 0.25) is 0 Å². The zero-order valence-corrected chi connectivity index (χ0v) is 17.2. The number of rotatable bonds is 10. The summed E-state index contributed by atoms with van der Waals surface area (Å²) in [5.41, 5.74) is 1.92. The van der Waals surface area contributed by atoms with Gasteiger partial charge >= 0.3 is 5.97 Å². The van der Waals surface area contributed by atoms with Crippen molar-refractivity contribution in [3.63, 3.8) is 0 Å². The molecule has 0 bridgehead atoms. The highest BCUT2D eigenvalue weighted by atomic mass is 16.5. The smallest absolute Gasteiger partial charge is 0.336 e. The molecule has 0 heterocycles. The fourth-order valence-corrected chi connectivity index (χ4v) is 2.90. The normalized spacial score (nSPS) is 11.2. The predicted octanol–water partition coefficient (Wildman–Crippen LogP) is 4.55. The number of benzene rings is 2. The Labute approximate surface area is 172 Å². The highest BCUT2D eigenvalue weighted by Gasteiger charge is 2.16. The molecule has 0 amide bonds. The number of hydrogen-bond donors (Lipinski definition) is 0. The second-order valence-corrected chi connectivity index (χ2v) is 6.86. The summed E-state index contributed by atoms with van der Waals surface area (Å²) < 4.78 is 11.1. The first kappa shape index (κ1) is 22.2. The number of carbonyl (C=O) groups excluding carboxylic acids is 2. The van der Waals surface area contributed by atoms with Crippen LogP contribution in [0.25, 0.3) is 11.1 Å². The van der Waals surface area contributed by atoms with Crippen LogP contribution in [0.15, 0.2) is 54.1 Å². The Morgan fingerprint density at radius 1 is 1.03 bits per heavy atom. The fraction of sp³-hybridized carbons (Fsp3) is 0.333. The Kier molecular flexibility index (Phi) is 8.46. The second kappa shape index (κ2) is 11.1. The van der Waals surface area contributed by atoms with Crippen LogP contribution >= 0.6 is 0 Å². The number of para-hydroxylation sites is 1. The van der Waals surface area contributed by atoms with Gasteiger partial charge in [0, 0.05) is 17.2 Å². The highest BCUT2D eigenvalue weighted by molar-refractivity contribution is 5.96. The van der Waals surface area contributed by atoms with Gasteiger partial charge in [0.05, 0.1) is 12.6 Å². The molecule has 5 nitrogen and oxygen atoms in total. The van der Waals surface area contributed by atoms with E-state index in [0.717, 1.165) is 37.0 Å². The van der Waals surface area contributed by atoms with E-state index in [1.54, 1.807) is 12.1 Å². The molecule has 2 rings (SSSR count). The third-order valence-corrected chi connectivity index (χ3v) is 4.38. The summed E-state index contributed by atoms with van der Waals surface area (Å²) in [5, 5.41) is 11.6. The monoisotopic (exact) mass is 395 g/mol. The van der Waals surface area contributed by atoms with Gasteiger partial charge in [0.25, 0.3) is 0 Å². The van der Waals surface area contributed by atoms with E-state index in [-0.39, 0.29) is 11.3 Å². The van der Waals surface area contributed by atoms with E-state index in [4.69, 9.17) is 9.47 Å². The molecule has 2 aromatic rings. The molecule has 29 heavy (non-hydrogen) atoms. The van der Waals surface area contributed by atoms with Crippen molar-refractivity contribution in [1.82, 2.24) is 0 Å². The largest absolute Gasteiger partial charge is 0.545 e. The molecule has 0 unspecified atom stereocenters. The van der Waals surface area contributed by atoms with Crippen LogP contribution in [0.3, 0.4) is 0 Å². The van der Waals surface area contributed by atoms with Crippen molar-refractivity contribution < 1.29 is 24.2 Å². The molecule has 0 N–H and O–H groups in total. The van der Waals surface area contributed by atoms with Crippen LogP contribution in [-0.4, -0.2) is 18.5 Å². The van der Waals surface area contributed by atoms with Crippen LogP contribution in [0.5, 0.6) is 11.5 Å². The molecule has 2 aromatic carbocycles. The average molecular weight is 395 g/mol. The number of carboxylic acid groups (broad SMARTS) is 1. The Morgan fingerprint density at radius 2 is 1.76 bits per heavy atom. The van der Waals surface area contributed by atoms with Crippen molar-refractivity contribution in [2.24, 2.45) is 0 Å². The average Bonchev–Trinajstić information content (AvgIpc) is 2.69. The Bertz CT molecular complexity index is 865. The molecule has 154 valence electrons. The predicted molar refractivity (Wildman–Crippen MR) is 111 cm³/mol. The van der Waals surface area contributed by atoms with Gasteiger partial charge in [0.1, 0.15) is 11.5 Å². The van der Waals surface area contributed by atoms with E-state index in [9.17, 15) is 14.7 Å². The van der Waals surface area contributed by atoms with E-state index in [0.29, 0.717) is 17.7 Å². The van der Waals surface area contributed by atoms with Crippen molar-refractivity contribution in [3.05, 3.63) is 59.7 Å². The third-order valence-electron chi connectivity index (χ3n) is 4.38. The molecule has 0 aromatic heterocycles. The van der Waals surface area contributed by atoms with Crippen LogP contribution < -0.4 is 14.6 Å². The standard InChI is InChI=1S/C24H28O5/c1-4-6-15-28-19-13-11-18(12-14-19)20-9-7-10-21(24(26)27)23(20)29-22(25)16-17(3)8-5-2/h7,9-14,16H,4-6,8,15H2,1-3H3,(H,26,27)/p-1/b17-16+. The van der Waals surface area contributed by atoms with Crippen molar-refractivity contribution in [1.29, 1.82) is 0 Å². The summed E-state index contributed by atoms with van der Waals surface area (Å²) in [6, 6.07) is 11.9. The molecular formula is C24H27O5-. The van der Waals surface area contributed by atoms with Gasteiger partial charge in [-0.05, 0) is 43.5 Å². The van der Waals surface area contributed by atoms with Gasteiger partial charge in [-0.15, -0.1) is 0 Å². The lowest BCUT2D eigenvalue weighted by atomic mass is 10.0. The molecule has 5 heteroatoms. The number of ether oxygens (including phenoxy) is 2. The number of unbranched alkanes of at least 4 members (excludes halogenated alkanes) is 1. The summed E-state index contributed by atoms with van der Waals surface area (Å²) in [7, 11) is 0. The minimum absolute atomic E-state index is 0.0160. The molecule has 0 aliphatic rings. The first-order valence-corrected chi connectivity index (χ1v) is 9.92. The summed E-state index contributed by atoms with van der Waals surface area (Å²) in [6.45, 7) is 6.59. The maximum absolute atomic E-state index is 12.3. The summed E-state index contributed by atoms with van der Waals surface area (Å²) in [6.07, 6.45) is 5.09. The second-order valence-electron chi connectivity index (χ2n) is 6.86. The molecule has 0 spiro atoms. The van der Waals surface area contributed by atoms with Crippen LogP contribution in [0.2, 0.25) is 0 Å². The molecule has 0 fully saturated rings. The Hall–Kier alpha value is -3.08. The van der Waals surface area contributed by atoms with Crippen LogP contribution in [0.4, 0.5) is 0 Å². The maximum Gasteiger partial charge on any atom is 0.336 e. The summed E-state index contributed by atoms with van der Waals surface area (Å²) >= 11 is 0. The molecule has 0 saturated carbocycles. The van der Waals surface area contributed by atoms with Gasteiger partial charge in [-0.1, -0.05) is 56.5 Å². The zero-order valence-electron chi connectivity index (χ0n) is 17.2. The Morgan fingerprint density at radius 3 is 2.38 bits per heavy atom. The van der Waals surface area contributed by atoms with Crippen molar-refractivity contribution >= 4 is 11.9 Å². The molecule has 0 aliphatic heterocycles. The number of aromatic carboxylic acids is 1. The molecule has 0 saturated heterocycles. The van der Waals surface area contributed by atoms with Gasteiger partial charge in [-0.2, -0.15) is 0 Å². The van der Waals surface area contributed by atoms with E-state index in [1.807, 2.05) is 38.1 Å². The lowest BCUT2D eigenvalue weighted by molar-refractivity contribution is -0.255. The van der Waals surface area contributed by atoms with Crippen LogP contribution in [0, 0.1) is 0 Å².